The zero-order chi connectivity index (χ0) is 13.8. The van der Waals surface area contributed by atoms with Gasteiger partial charge in [-0.25, -0.2) is 9.97 Å². The van der Waals surface area contributed by atoms with Gasteiger partial charge in [-0.2, -0.15) is 0 Å². The fourth-order valence-electron chi connectivity index (χ4n) is 1.84. The zero-order valence-electron chi connectivity index (χ0n) is 11.5. The van der Waals surface area contributed by atoms with Crippen LogP contribution in [0.2, 0.25) is 5.15 Å². The molecule has 0 bridgehead atoms. The van der Waals surface area contributed by atoms with Gasteiger partial charge in [0.05, 0.1) is 11.4 Å². The third kappa shape index (κ3) is 3.44. The number of nitrogens with one attached hydrogen (secondary N) is 1. The summed E-state index contributed by atoms with van der Waals surface area (Å²) < 4.78 is 0. The van der Waals surface area contributed by atoms with Crippen molar-refractivity contribution in [1.82, 2.24) is 9.97 Å². The van der Waals surface area contributed by atoms with Crippen molar-refractivity contribution in [2.75, 3.05) is 5.32 Å². The summed E-state index contributed by atoms with van der Waals surface area (Å²) in [4.78, 5) is 8.68. The first-order chi connectivity index (χ1) is 9.10. The maximum atomic E-state index is 6.10. The number of benzene rings is 1. The van der Waals surface area contributed by atoms with Crippen LogP contribution < -0.4 is 5.32 Å². The molecule has 19 heavy (non-hydrogen) atoms. The SMILES string of the molecule is CCCc1ccc(Nc2nc(C)c(C)nc2Cl)cc1. The van der Waals surface area contributed by atoms with Gasteiger partial charge in [0.25, 0.3) is 0 Å². The molecule has 1 aromatic heterocycles. The highest BCUT2D eigenvalue weighted by Gasteiger charge is 2.07. The predicted octanol–water partition coefficient (Wildman–Crippen LogP) is 4.44. The van der Waals surface area contributed by atoms with E-state index in [4.69, 9.17) is 11.6 Å². The minimum atomic E-state index is 0.403. The van der Waals surface area contributed by atoms with Crippen LogP contribution in [0, 0.1) is 13.8 Å². The van der Waals surface area contributed by atoms with Gasteiger partial charge in [0.2, 0.25) is 0 Å². The predicted molar refractivity (Wildman–Crippen MR) is 80.2 cm³/mol. The van der Waals surface area contributed by atoms with Gasteiger partial charge in [0, 0.05) is 5.69 Å². The molecule has 2 aromatic rings. The van der Waals surface area contributed by atoms with Crippen molar-refractivity contribution in [3.63, 3.8) is 0 Å². The van der Waals surface area contributed by atoms with Gasteiger partial charge in [-0.1, -0.05) is 37.1 Å². The van der Waals surface area contributed by atoms with Crippen molar-refractivity contribution in [2.45, 2.75) is 33.6 Å². The third-order valence-corrected chi connectivity index (χ3v) is 3.28. The summed E-state index contributed by atoms with van der Waals surface area (Å²) in [6, 6.07) is 8.32. The minimum Gasteiger partial charge on any atom is -0.338 e. The summed E-state index contributed by atoms with van der Waals surface area (Å²) in [5.74, 6) is 0.605. The number of anilines is 2. The highest BCUT2D eigenvalue weighted by atomic mass is 35.5. The van der Waals surface area contributed by atoms with E-state index < -0.39 is 0 Å². The lowest BCUT2D eigenvalue weighted by Gasteiger charge is -2.09. The molecule has 1 aromatic carbocycles. The van der Waals surface area contributed by atoms with E-state index in [1.54, 1.807) is 0 Å². The third-order valence-electron chi connectivity index (χ3n) is 3.02. The van der Waals surface area contributed by atoms with Gasteiger partial charge in [-0.05, 0) is 38.0 Å². The van der Waals surface area contributed by atoms with Crippen molar-refractivity contribution in [3.8, 4) is 0 Å². The molecule has 0 aliphatic carbocycles. The lowest BCUT2D eigenvalue weighted by Crippen LogP contribution is -2.00. The van der Waals surface area contributed by atoms with Gasteiger partial charge < -0.3 is 5.32 Å². The fraction of sp³-hybridized carbons (Fsp3) is 0.333. The van der Waals surface area contributed by atoms with Crippen LogP contribution in [0.15, 0.2) is 24.3 Å². The van der Waals surface area contributed by atoms with Crippen molar-refractivity contribution < 1.29 is 0 Å². The first-order valence-electron chi connectivity index (χ1n) is 6.47. The molecule has 0 amide bonds. The number of nitrogens with zero attached hydrogens (tertiary/aromatic N) is 2. The molecule has 100 valence electrons. The number of rotatable bonds is 4. The first kappa shape index (κ1) is 13.8. The Bertz CT molecular complexity index is 564. The maximum Gasteiger partial charge on any atom is 0.172 e. The molecule has 0 aliphatic rings. The smallest absolute Gasteiger partial charge is 0.172 e. The fourth-order valence-corrected chi connectivity index (χ4v) is 2.05. The van der Waals surface area contributed by atoms with Crippen molar-refractivity contribution >= 4 is 23.1 Å². The van der Waals surface area contributed by atoms with E-state index in [2.05, 4.69) is 34.3 Å². The summed E-state index contributed by atoms with van der Waals surface area (Å²) in [5.41, 5.74) is 4.05. The number of aromatic nitrogens is 2. The van der Waals surface area contributed by atoms with Crippen LogP contribution in [-0.4, -0.2) is 9.97 Å². The Kier molecular flexibility index (Phi) is 4.38. The van der Waals surface area contributed by atoms with E-state index in [0.717, 1.165) is 29.9 Å². The summed E-state index contributed by atoms with van der Waals surface area (Å²) in [5, 5.41) is 3.61. The molecule has 0 saturated heterocycles. The molecule has 0 fully saturated rings. The quantitative estimate of drug-likeness (QED) is 0.896. The Morgan fingerprint density at radius 2 is 1.68 bits per heavy atom. The Morgan fingerprint density at radius 3 is 2.32 bits per heavy atom. The Hall–Kier alpha value is -1.61. The molecule has 0 spiro atoms. The van der Waals surface area contributed by atoms with Crippen LogP contribution >= 0.6 is 11.6 Å². The second-order valence-corrected chi connectivity index (χ2v) is 4.96. The molecule has 0 aliphatic heterocycles. The van der Waals surface area contributed by atoms with Crippen LogP contribution in [0.3, 0.4) is 0 Å². The Labute approximate surface area is 119 Å². The van der Waals surface area contributed by atoms with E-state index in [1.165, 1.54) is 5.56 Å². The first-order valence-corrected chi connectivity index (χ1v) is 6.84. The molecular formula is C15H18ClN3. The molecule has 1 heterocycles. The van der Waals surface area contributed by atoms with Gasteiger partial charge in [-0.15, -0.1) is 0 Å². The van der Waals surface area contributed by atoms with Crippen molar-refractivity contribution in [1.29, 1.82) is 0 Å². The summed E-state index contributed by atoms with van der Waals surface area (Å²) in [6.45, 7) is 6.00. The van der Waals surface area contributed by atoms with Crippen molar-refractivity contribution in [3.05, 3.63) is 46.4 Å². The monoisotopic (exact) mass is 275 g/mol. The summed E-state index contributed by atoms with van der Waals surface area (Å²) in [6.07, 6.45) is 2.26. The average Bonchev–Trinajstić information content (AvgIpc) is 2.38. The summed E-state index contributed by atoms with van der Waals surface area (Å²) >= 11 is 6.10. The highest BCUT2D eigenvalue weighted by Crippen LogP contribution is 2.23. The number of halogens is 1. The maximum absolute atomic E-state index is 6.10. The van der Waals surface area contributed by atoms with Gasteiger partial charge in [0.15, 0.2) is 11.0 Å². The molecule has 0 atom stereocenters. The molecule has 0 radical (unpaired) electrons. The largest absolute Gasteiger partial charge is 0.338 e. The number of hydrogen-bond acceptors (Lipinski definition) is 3. The molecule has 0 saturated carbocycles. The van der Waals surface area contributed by atoms with Crippen LogP contribution in [0.1, 0.15) is 30.3 Å². The number of hydrogen-bond donors (Lipinski definition) is 1. The highest BCUT2D eigenvalue weighted by molar-refractivity contribution is 6.31. The van der Waals surface area contributed by atoms with Crippen LogP contribution in [0.4, 0.5) is 11.5 Å². The van der Waals surface area contributed by atoms with Crippen LogP contribution in [-0.2, 0) is 6.42 Å². The average molecular weight is 276 g/mol. The van der Waals surface area contributed by atoms with Crippen molar-refractivity contribution in [2.24, 2.45) is 0 Å². The van der Waals surface area contributed by atoms with E-state index in [1.807, 2.05) is 26.0 Å². The Morgan fingerprint density at radius 1 is 1.05 bits per heavy atom. The molecule has 0 unspecified atom stereocenters. The van der Waals surface area contributed by atoms with E-state index >= 15 is 0 Å². The van der Waals surface area contributed by atoms with E-state index in [0.29, 0.717) is 11.0 Å². The molecule has 2 rings (SSSR count). The van der Waals surface area contributed by atoms with Gasteiger partial charge >= 0.3 is 0 Å². The second kappa shape index (κ2) is 6.02. The molecule has 4 heteroatoms. The minimum absolute atomic E-state index is 0.403. The topological polar surface area (TPSA) is 37.8 Å². The molecule has 3 nitrogen and oxygen atoms in total. The van der Waals surface area contributed by atoms with E-state index in [-0.39, 0.29) is 0 Å². The molecule has 1 N–H and O–H groups in total. The summed E-state index contributed by atoms with van der Waals surface area (Å²) in [7, 11) is 0. The lowest BCUT2D eigenvalue weighted by atomic mass is 10.1. The second-order valence-electron chi connectivity index (χ2n) is 4.61. The van der Waals surface area contributed by atoms with Gasteiger partial charge in [-0.3, -0.25) is 0 Å². The zero-order valence-corrected chi connectivity index (χ0v) is 12.3. The van der Waals surface area contributed by atoms with Crippen LogP contribution in [0.5, 0.6) is 0 Å². The van der Waals surface area contributed by atoms with Crippen LogP contribution in [0.25, 0.3) is 0 Å². The normalized spacial score (nSPS) is 10.5. The Balaban J connectivity index is 2.19. The van der Waals surface area contributed by atoms with E-state index in [9.17, 15) is 0 Å². The standard InChI is InChI=1S/C15H18ClN3/c1-4-5-12-6-8-13(9-7-12)19-15-14(16)17-10(2)11(3)18-15/h6-9H,4-5H2,1-3H3,(H,18,19). The van der Waals surface area contributed by atoms with Gasteiger partial charge in [0.1, 0.15) is 0 Å². The molecular weight excluding hydrogens is 258 g/mol. The lowest BCUT2D eigenvalue weighted by molar-refractivity contribution is 0.922. The number of aryl methyl sites for hydroxylation is 3.